The summed E-state index contributed by atoms with van der Waals surface area (Å²) in [5, 5.41) is 3.69. The number of rotatable bonds is 7. The van der Waals surface area contributed by atoms with E-state index in [0.717, 1.165) is 0 Å². The zero-order chi connectivity index (χ0) is 14.4. The number of nitrogens with one attached hydrogen (secondary N) is 1. The van der Waals surface area contributed by atoms with Crippen LogP contribution in [0.25, 0.3) is 0 Å². The molecular weight excluding hydrogens is 292 g/mol. The minimum atomic E-state index is -0.477. The maximum absolute atomic E-state index is 13.4. The fourth-order valence-electron chi connectivity index (χ4n) is 1.75. The van der Waals surface area contributed by atoms with Gasteiger partial charge in [-0.3, -0.25) is 0 Å². The second-order valence-corrected chi connectivity index (χ2v) is 4.99. The van der Waals surface area contributed by atoms with Gasteiger partial charge in [0.25, 0.3) is 0 Å². The van der Waals surface area contributed by atoms with Crippen LogP contribution in [0.1, 0.15) is 18.5 Å². The molecule has 0 fully saturated rings. The summed E-state index contributed by atoms with van der Waals surface area (Å²) in [7, 11) is 3.22. The summed E-state index contributed by atoms with van der Waals surface area (Å²) in [5.74, 6) is -0.477. The summed E-state index contributed by atoms with van der Waals surface area (Å²) in [6.07, 6.45) is -0.0847. The van der Waals surface area contributed by atoms with E-state index in [4.69, 9.17) is 32.7 Å². The van der Waals surface area contributed by atoms with E-state index in [2.05, 4.69) is 5.32 Å². The van der Waals surface area contributed by atoms with E-state index in [0.29, 0.717) is 23.7 Å². The second-order valence-electron chi connectivity index (χ2n) is 4.20. The maximum atomic E-state index is 13.4. The summed E-state index contributed by atoms with van der Waals surface area (Å²) in [5.41, 5.74) is 0.551. The average molecular weight is 310 g/mol. The second kappa shape index (κ2) is 8.02. The highest BCUT2D eigenvalue weighted by Gasteiger charge is 2.18. The molecule has 0 aromatic heterocycles. The van der Waals surface area contributed by atoms with Gasteiger partial charge in [-0.2, -0.15) is 0 Å². The Balaban J connectivity index is 2.73. The van der Waals surface area contributed by atoms with E-state index in [1.54, 1.807) is 14.2 Å². The molecule has 0 aliphatic heterocycles. The molecule has 2 unspecified atom stereocenters. The summed E-state index contributed by atoms with van der Waals surface area (Å²) >= 11 is 12.0. The van der Waals surface area contributed by atoms with Crippen LogP contribution in [0.5, 0.6) is 0 Å². The normalized spacial score (nSPS) is 14.4. The van der Waals surface area contributed by atoms with E-state index >= 15 is 0 Å². The molecule has 108 valence electrons. The van der Waals surface area contributed by atoms with Gasteiger partial charge in [-0.1, -0.05) is 23.2 Å². The Hall–Kier alpha value is -0.390. The molecule has 0 radical (unpaired) electrons. The van der Waals surface area contributed by atoms with Gasteiger partial charge in [-0.05, 0) is 19.1 Å². The minimum absolute atomic E-state index is 0.0493. The van der Waals surface area contributed by atoms with Crippen molar-refractivity contribution in [2.45, 2.75) is 19.1 Å². The first-order valence-electron chi connectivity index (χ1n) is 5.89. The lowest BCUT2D eigenvalue weighted by molar-refractivity contribution is 0.0276. The Kier molecular flexibility index (Phi) is 7.04. The molecule has 0 amide bonds. The molecule has 3 nitrogen and oxygen atoms in total. The molecule has 0 spiro atoms. The van der Waals surface area contributed by atoms with Crippen LogP contribution < -0.4 is 5.32 Å². The number of halogens is 3. The average Bonchev–Trinajstić information content (AvgIpc) is 2.39. The van der Waals surface area contributed by atoms with Gasteiger partial charge >= 0.3 is 0 Å². The van der Waals surface area contributed by atoms with Gasteiger partial charge < -0.3 is 14.8 Å². The summed E-state index contributed by atoms with van der Waals surface area (Å²) < 4.78 is 23.7. The third-order valence-electron chi connectivity index (χ3n) is 2.85. The van der Waals surface area contributed by atoms with Crippen LogP contribution in [0.4, 0.5) is 4.39 Å². The first-order chi connectivity index (χ1) is 9.01. The van der Waals surface area contributed by atoms with Gasteiger partial charge in [-0.15, -0.1) is 0 Å². The number of benzene rings is 1. The van der Waals surface area contributed by atoms with Crippen molar-refractivity contribution in [2.24, 2.45) is 0 Å². The Morgan fingerprint density at radius 2 is 2.00 bits per heavy atom. The quantitative estimate of drug-likeness (QED) is 0.783. The first kappa shape index (κ1) is 16.7. The lowest BCUT2D eigenvalue weighted by atomic mass is 10.1. The van der Waals surface area contributed by atoms with Gasteiger partial charge in [0.1, 0.15) is 5.82 Å². The van der Waals surface area contributed by atoms with Gasteiger partial charge in [0.15, 0.2) is 0 Å². The molecular formula is C13H18Cl2FNO2. The zero-order valence-electron chi connectivity index (χ0n) is 11.2. The SMILES string of the molecule is COCC(CNC(C)c1c(Cl)ccc(F)c1Cl)OC. The summed E-state index contributed by atoms with van der Waals surface area (Å²) in [6.45, 7) is 2.89. The Labute approximate surface area is 123 Å². The molecule has 19 heavy (non-hydrogen) atoms. The van der Waals surface area contributed by atoms with Gasteiger partial charge in [0.05, 0.1) is 17.7 Å². The van der Waals surface area contributed by atoms with Crippen LogP contribution in [0.2, 0.25) is 10.0 Å². The van der Waals surface area contributed by atoms with Crippen molar-refractivity contribution in [3.63, 3.8) is 0 Å². The number of ether oxygens (including phenoxy) is 2. The van der Waals surface area contributed by atoms with Gasteiger partial charge in [0, 0.05) is 37.4 Å². The first-order valence-corrected chi connectivity index (χ1v) is 6.65. The maximum Gasteiger partial charge on any atom is 0.142 e. The van der Waals surface area contributed by atoms with E-state index < -0.39 is 5.82 Å². The predicted octanol–water partition coefficient (Wildman–Crippen LogP) is 3.44. The van der Waals surface area contributed by atoms with E-state index in [9.17, 15) is 4.39 Å². The van der Waals surface area contributed by atoms with E-state index in [1.807, 2.05) is 6.92 Å². The Morgan fingerprint density at radius 3 is 2.58 bits per heavy atom. The van der Waals surface area contributed by atoms with Gasteiger partial charge in [0.2, 0.25) is 0 Å². The third kappa shape index (κ3) is 4.58. The van der Waals surface area contributed by atoms with Crippen molar-refractivity contribution >= 4 is 23.2 Å². The van der Waals surface area contributed by atoms with Crippen LogP contribution in [0.15, 0.2) is 12.1 Å². The highest BCUT2D eigenvalue weighted by atomic mass is 35.5. The number of hydrogen-bond acceptors (Lipinski definition) is 3. The van der Waals surface area contributed by atoms with Crippen LogP contribution in [-0.4, -0.2) is 33.5 Å². The van der Waals surface area contributed by atoms with Crippen molar-refractivity contribution in [1.29, 1.82) is 0 Å². The molecule has 0 saturated heterocycles. The smallest absolute Gasteiger partial charge is 0.142 e. The Morgan fingerprint density at radius 1 is 1.32 bits per heavy atom. The van der Waals surface area contributed by atoms with Crippen molar-refractivity contribution in [1.82, 2.24) is 5.32 Å². The Bertz CT molecular complexity index is 418. The fraction of sp³-hybridized carbons (Fsp3) is 0.538. The van der Waals surface area contributed by atoms with Crippen LogP contribution in [0.3, 0.4) is 0 Å². The highest BCUT2D eigenvalue weighted by molar-refractivity contribution is 6.36. The molecule has 2 atom stereocenters. The van der Waals surface area contributed by atoms with Crippen LogP contribution >= 0.6 is 23.2 Å². The molecule has 0 heterocycles. The third-order valence-corrected chi connectivity index (χ3v) is 3.56. The zero-order valence-corrected chi connectivity index (χ0v) is 12.7. The predicted molar refractivity (Wildman–Crippen MR) is 75.5 cm³/mol. The monoisotopic (exact) mass is 309 g/mol. The largest absolute Gasteiger partial charge is 0.382 e. The topological polar surface area (TPSA) is 30.5 Å². The minimum Gasteiger partial charge on any atom is -0.382 e. The molecule has 0 saturated carbocycles. The van der Waals surface area contributed by atoms with E-state index in [-0.39, 0.29) is 17.2 Å². The lowest BCUT2D eigenvalue weighted by Gasteiger charge is -2.21. The van der Waals surface area contributed by atoms with Crippen molar-refractivity contribution in [3.05, 3.63) is 33.6 Å². The molecule has 1 rings (SSSR count). The highest BCUT2D eigenvalue weighted by Crippen LogP contribution is 2.32. The van der Waals surface area contributed by atoms with Crippen molar-refractivity contribution in [2.75, 3.05) is 27.4 Å². The summed E-state index contributed by atoms with van der Waals surface area (Å²) in [6, 6.07) is 2.56. The number of methoxy groups -OCH3 is 2. The fourth-order valence-corrected chi connectivity index (χ4v) is 2.44. The standard InChI is InChI=1S/C13H18Cl2FNO2/c1-8(17-6-9(19-3)7-18-2)12-10(14)4-5-11(16)13(12)15/h4-5,8-9,17H,6-7H2,1-3H3. The molecule has 0 aliphatic carbocycles. The lowest BCUT2D eigenvalue weighted by Crippen LogP contribution is -2.33. The molecule has 1 aromatic carbocycles. The van der Waals surface area contributed by atoms with Crippen LogP contribution in [-0.2, 0) is 9.47 Å². The van der Waals surface area contributed by atoms with E-state index in [1.165, 1.54) is 12.1 Å². The molecule has 0 bridgehead atoms. The summed E-state index contributed by atoms with van der Waals surface area (Å²) in [4.78, 5) is 0. The number of hydrogen-bond donors (Lipinski definition) is 1. The molecule has 0 aliphatic rings. The molecule has 1 aromatic rings. The van der Waals surface area contributed by atoms with Crippen molar-refractivity contribution < 1.29 is 13.9 Å². The van der Waals surface area contributed by atoms with Crippen LogP contribution in [0, 0.1) is 5.82 Å². The van der Waals surface area contributed by atoms with Gasteiger partial charge in [-0.25, -0.2) is 4.39 Å². The molecule has 1 N–H and O–H groups in total. The molecule has 6 heteroatoms. The van der Waals surface area contributed by atoms with Crippen molar-refractivity contribution in [3.8, 4) is 0 Å².